The van der Waals surface area contributed by atoms with Gasteiger partial charge in [-0.25, -0.2) is 0 Å². The molecule has 4 nitrogen and oxygen atoms in total. The Kier molecular flexibility index (Phi) is 3.43. The second-order valence-electron chi connectivity index (χ2n) is 4.76. The Bertz CT molecular complexity index is 503. The van der Waals surface area contributed by atoms with Gasteiger partial charge in [0.05, 0.1) is 6.54 Å². The molecule has 18 heavy (non-hydrogen) atoms. The molecule has 1 aliphatic rings. The summed E-state index contributed by atoms with van der Waals surface area (Å²) in [5.41, 5.74) is 0. The number of hydrogen-bond donors (Lipinski definition) is 1. The molecular weight excluding hydrogens is 244 g/mol. The van der Waals surface area contributed by atoms with Crippen LogP contribution in [-0.2, 0) is 19.5 Å². The third kappa shape index (κ3) is 2.33. The highest BCUT2D eigenvalue weighted by Gasteiger charge is 2.16. The van der Waals surface area contributed by atoms with Gasteiger partial charge in [0, 0.05) is 23.9 Å². The van der Waals surface area contributed by atoms with E-state index in [0.717, 1.165) is 31.2 Å². The smallest absolute Gasteiger partial charge is 0.147 e. The van der Waals surface area contributed by atoms with E-state index in [9.17, 15) is 0 Å². The molecule has 3 rings (SSSR count). The van der Waals surface area contributed by atoms with Crippen LogP contribution >= 0.6 is 11.3 Å². The largest absolute Gasteiger partial charge is 0.314 e. The highest BCUT2D eigenvalue weighted by Crippen LogP contribution is 2.19. The summed E-state index contributed by atoms with van der Waals surface area (Å²) < 4.78 is 2.28. The van der Waals surface area contributed by atoms with E-state index in [0.29, 0.717) is 6.04 Å². The summed E-state index contributed by atoms with van der Waals surface area (Å²) >= 11 is 1.79. The van der Waals surface area contributed by atoms with E-state index >= 15 is 0 Å². The van der Waals surface area contributed by atoms with Crippen molar-refractivity contribution in [2.24, 2.45) is 0 Å². The first-order chi connectivity index (χ1) is 8.84. The number of hydrogen-bond acceptors (Lipinski definition) is 4. The van der Waals surface area contributed by atoms with Gasteiger partial charge in [-0.3, -0.25) is 0 Å². The Morgan fingerprint density at radius 2 is 2.39 bits per heavy atom. The van der Waals surface area contributed by atoms with Crippen LogP contribution in [-0.4, -0.2) is 14.8 Å². The summed E-state index contributed by atoms with van der Waals surface area (Å²) in [7, 11) is 0. The average molecular weight is 262 g/mol. The van der Waals surface area contributed by atoms with Crippen LogP contribution in [0.4, 0.5) is 0 Å². The molecule has 0 bridgehead atoms. The van der Waals surface area contributed by atoms with Gasteiger partial charge in [-0.15, -0.1) is 21.5 Å². The van der Waals surface area contributed by atoms with Crippen LogP contribution in [0.25, 0.3) is 0 Å². The molecular formula is C13H18N4S. The van der Waals surface area contributed by atoms with E-state index < -0.39 is 0 Å². The Labute approximate surface area is 111 Å². The third-order valence-corrected chi connectivity index (χ3v) is 4.53. The van der Waals surface area contributed by atoms with Gasteiger partial charge >= 0.3 is 0 Å². The van der Waals surface area contributed by atoms with Gasteiger partial charge < -0.3 is 9.88 Å². The molecule has 2 aromatic heterocycles. The summed E-state index contributed by atoms with van der Waals surface area (Å²) in [6.07, 6.45) is 3.57. The molecule has 0 aliphatic carbocycles. The molecule has 0 radical (unpaired) electrons. The minimum atomic E-state index is 0.376. The minimum Gasteiger partial charge on any atom is -0.314 e. The fraction of sp³-hybridized carbons (Fsp3) is 0.538. The van der Waals surface area contributed by atoms with Crippen LogP contribution in [0.3, 0.4) is 0 Å². The standard InChI is InChI=1S/C13H18N4S/c1-10(11-5-4-8-18-11)14-9-13-16-15-12-6-2-3-7-17(12)13/h4-5,8,10,14H,2-3,6-7,9H2,1H3/t10-/m1/s1. The first kappa shape index (κ1) is 11.9. The number of aryl methyl sites for hydroxylation is 1. The second kappa shape index (κ2) is 5.20. The maximum absolute atomic E-state index is 4.30. The summed E-state index contributed by atoms with van der Waals surface area (Å²) in [5, 5.41) is 14.2. The maximum Gasteiger partial charge on any atom is 0.147 e. The molecule has 0 amide bonds. The molecule has 0 unspecified atom stereocenters. The summed E-state index contributed by atoms with van der Waals surface area (Å²) in [4.78, 5) is 1.37. The van der Waals surface area contributed by atoms with Gasteiger partial charge in [0.2, 0.25) is 0 Å². The number of nitrogens with zero attached hydrogens (tertiary/aromatic N) is 3. The van der Waals surface area contributed by atoms with E-state index in [2.05, 4.69) is 44.5 Å². The molecule has 0 spiro atoms. The van der Waals surface area contributed by atoms with Gasteiger partial charge in [-0.2, -0.15) is 0 Å². The van der Waals surface area contributed by atoms with Crippen molar-refractivity contribution in [1.82, 2.24) is 20.1 Å². The molecule has 1 aliphatic heterocycles. The number of rotatable bonds is 4. The Morgan fingerprint density at radius 3 is 3.22 bits per heavy atom. The second-order valence-corrected chi connectivity index (χ2v) is 5.74. The molecule has 2 aromatic rings. The summed E-state index contributed by atoms with van der Waals surface area (Å²) in [6.45, 7) is 4.07. The van der Waals surface area contributed by atoms with Crippen LogP contribution < -0.4 is 5.32 Å². The van der Waals surface area contributed by atoms with Gasteiger partial charge in [0.1, 0.15) is 11.6 Å². The van der Waals surface area contributed by atoms with Crippen molar-refractivity contribution < 1.29 is 0 Å². The van der Waals surface area contributed by atoms with Gasteiger partial charge in [0.15, 0.2) is 0 Å². The molecule has 0 saturated carbocycles. The van der Waals surface area contributed by atoms with Crippen molar-refractivity contribution in [3.8, 4) is 0 Å². The number of aromatic nitrogens is 3. The molecule has 5 heteroatoms. The Balaban J connectivity index is 1.65. The molecule has 1 atom stereocenters. The van der Waals surface area contributed by atoms with Gasteiger partial charge in [-0.1, -0.05) is 6.07 Å². The zero-order chi connectivity index (χ0) is 12.4. The molecule has 0 fully saturated rings. The molecule has 0 aromatic carbocycles. The van der Waals surface area contributed by atoms with Crippen molar-refractivity contribution >= 4 is 11.3 Å². The monoisotopic (exact) mass is 262 g/mol. The fourth-order valence-electron chi connectivity index (χ4n) is 2.38. The van der Waals surface area contributed by atoms with Crippen LogP contribution in [0.2, 0.25) is 0 Å². The lowest BCUT2D eigenvalue weighted by Gasteiger charge is -2.16. The number of fused-ring (bicyclic) bond motifs is 1. The van der Waals surface area contributed by atoms with E-state index in [1.54, 1.807) is 11.3 Å². The first-order valence-corrected chi connectivity index (χ1v) is 7.40. The van der Waals surface area contributed by atoms with Crippen LogP contribution in [0.1, 0.15) is 42.3 Å². The van der Waals surface area contributed by atoms with E-state index in [4.69, 9.17) is 0 Å². The highest BCUT2D eigenvalue weighted by molar-refractivity contribution is 7.10. The number of thiophene rings is 1. The minimum absolute atomic E-state index is 0.376. The Hall–Kier alpha value is -1.20. The fourth-order valence-corrected chi connectivity index (χ4v) is 3.14. The molecule has 1 N–H and O–H groups in total. The van der Waals surface area contributed by atoms with Gasteiger partial charge in [0.25, 0.3) is 0 Å². The SMILES string of the molecule is C[C@@H](NCc1nnc2n1CCCC2)c1cccs1. The quantitative estimate of drug-likeness (QED) is 0.920. The predicted octanol–water partition coefficient (Wildman–Crippen LogP) is 2.53. The summed E-state index contributed by atoms with van der Waals surface area (Å²) in [6, 6.07) is 4.64. The molecule has 96 valence electrons. The normalized spacial score (nSPS) is 16.5. The first-order valence-electron chi connectivity index (χ1n) is 6.52. The lowest BCUT2D eigenvalue weighted by atomic mass is 10.1. The van der Waals surface area contributed by atoms with Crippen molar-refractivity contribution in [2.75, 3.05) is 0 Å². The lowest BCUT2D eigenvalue weighted by molar-refractivity contribution is 0.485. The van der Waals surface area contributed by atoms with Crippen molar-refractivity contribution in [3.63, 3.8) is 0 Å². The van der Waals surface area contributed by atoms with E-state index in [1.807, 2.05) is 0 Å². The highest BCUT2D eigenvalue weighted by atomic mass is 32.1. The Morgan fingerprint density at radius 1 is 1.44 bits per heavy atom. The average Bonchev–Trinajstić information content (AvgIpc) is 3.06. The van der Waals surface area contributed by atoms with E-state index in [1.165, 1.54) is 17.7 Å². The van der Waals surface area contributed by atoms with Crippen LogP contribution in [0.15, 0.2) is 17.5 Å². The molecule has 3 heterocycles. The zero-order valence-corrected chi connectivity index (χ0v) is 11.4. The van der Waals surface area contributed by atoms with Crippen LogP contribution in [0.5, 0.6) is 0 Å². The maximum atomic E-state index is 4.30. The predicted molar refractivity (Wildman–Crippen MR) is 72.5 cm³/mol. The van der Waals surface area contributed by atoms with Crippen LogP contribution in [0, 0.1) is 0 Å². The van der Waals surface area contributed by atoms with E-state index in [-0.39, 0.29) is 0 Å². The van der Waals surface area contributed by atoms with Crippen molar-refractivity contribution in [1.29, 1.82) is 0 Å². The van der Waals surface area contributed by atoms with Crippen molar-refractivity contribution in [2.45, 2.75) is 45.3 Å². The molecule has 0 saturated heterocycles. The van der Waals surface area contributed by atoms with Crippen molar-refractivity contribution in [3.05, 3.63) is 34.0 Å². The lowest BCUT2D eigenvalue weighted by Crippen LogP contribution is -2.21. The zero-order valence-electron chi connectivity index (χ0n) is 10.6. The topological polar surface area (TPSA) is 42.7 Å². The van der Waals surface area contributed by atoms with Gasteiger partial charge in [-0.05, 0) is 31.2 Å². The summed E-state index contributed by atoms with van der Waals surface area (Å²) in [5.74, 6) is 2.23. The number of nitrogens with one attached hydrogen (secondary N) is 1. The third-order valence-electron chi connectivity index (χ3n) is 3.47.